The van der Waals surface area contributed by atoms with E-state index in [0.717, 1.165) is 12.0 Å². The minimum Gasteiger partial charge on any atom is -0.508 e. The van der Waals surface area contributed by atoms with Crippen molar-refractivity contribution in [2.45, 2.75) is 24.7 Å². The van der Waals surface area contributed by atoms with E-state index in [1.54, 1.807) is 24.1 Å². The minimum absolute atomic E-state index is 0.0792. The lowest BCUT2D eigenvalue weighted by atomic mass is 10.2. The molecule has 0 fully saturated rings. The molecule has 0 radical (unpaired) electrons. The number of halogens is 1. The lowest BCUT2D eigenvalue weighted by Gasteiger charge is -2.19. The van der Waals surface area contributed by atoms with Crippen LogP contribution < -0.4 is 0 Å². The third kappa shape index (κ3) is 3.52. The quantitative estimate of drug-likeness (QED) is 0.864. The molecule has 16 heavy (non-hydrogen) atoms. The lowest BCUT2D eigenvalue weighted by molar-refractivity contribution is -0.129. The summed E-state index contributed by atoms with van der Waals surface area (Å²) in [6.45, 7) is 2.52. The predicted octanol–water partition coefficient (Wildman–Crippen LogP) is 2.52. The largest absolute Gasteiger partial charge is 0.508 e. The second-order valence-corrected chi connectivity index (χ2v) is 4.84. The molecule has 0 bridgehead atoms. The van der Waals surface area contributed by atoms with Crippen molar-refractivity contribution >= 4 is 21.8 Å². The molecule has 1 atom stereocenters. The van der Waals surface area contributed by atoms with Gasteiger partial charge in [-0.3, -0.25) is 4.79 Å². The molecule has 1 amide bonds. The number of benzene rings is 1. The Labute approximate surface area is 104 Å². The zero-order valence-corrected chi connectivity index (χ0v) is 11.1. The molecule has 88 valence electrons. The van der Waals surface area contributed by atoms with Crippen LogP contribution in [0.15, 0.2) is 24.3 Å². The Morgan fingerprint density at radius 1 is 1.44 bits per heavy atom. The van der Waals surface area contributed by atoms with Gasteiger partial charge in [0.2, 0.25) is 5.91 Å². The molecule has 0 aromatic heterocycles. The number of phenolic OH excluding ortho intramolecular Hbond substituents is 1. The Morgan fingerprint density at radius 3 is 2.50 bits per heavy atom. The SMILES string of the molecule is CCC(Br)C(=O)N(C)Cc1ccc(O)cc1. The van der Waals surface area contributed by atoms with Crippen LogP contribution in [0.5, 0.6) is 5.75 Å². The van der Waals surface area contributed by atoms with Gasteiger partial charge in [-0.25, -0.2) is 0 Å². The molecular formula is C12H16BrNO2. The number of nitrogens with zero attached hydrogens (tertiary/aromatic N) is 1. The molecule has 1 rings (SSSR count). The molecule has 0 aliphatic heterocycles. The summed E-state index contributed by atoms with van der Waals surface area (Å²) < 4.78 is 0. The molecule has 1 aromatic rings. The van der Waals surface area contributed by atoms with Crippen molar-refractivity contribution in [3.05, 3.63) is 29.8 Å². The van der Waals surface area contributed by atoms with Gasteiger partial charge in [-0.05, 0) is 24.1 Å². The van der Waals surface area contributed by atoms with E-state index in [-0.39, 0.29) is 16.5 Å². The van der Waals surface area contributed by atoms with E-state index in [1.165, 1.54) is 0 Å². The highest BCUT2D eigenvalue weighted by Gasteiger charge is 2.16. The fourth-order valence-electron chi connectivity index (χ4n) is 1.37. The fourth-order valence-corrected chi connectivity index (χ4v) is 1.72. The number of hydrogen-bond donors (Lipinski definition) is 1. The van der Waals surface area contributed by atoms with Crippen LogP contribution in [0, 0.1) is 0 Å². The van der Waals surface area contributed by atoms with Gasteiger partial charge in [0.05, 0.1) is 4.83 Å². The number of carbonyl (C=O) groups is 1. The highest BCUT2D eigenvalue weighted by atomic mass is 79.9. The molecule has 0 heterocycles. The van der Waals surface area contributed by atoms with Gasteiger partial charge >= 0.3 is 0 Å². The lowest BCUT2D eigenvalue weighted by Crippen LogP contribution is -2.32. The maximum Gasteiger partial charge on any atom is 0.236 e. The number of rotatable bonds is 4. The van der Waals surface area contributed by atoms with E-state index >= 15 is 0 Å². The average Bonchev–Trinajstić information content (AvgIpc) is 2.30. The summed E-state index contributed by atoms with van der Waals surface area (Å²) in [6, 6.07) is 6.88. The van der Waals surface area contributed by atoms with Gasteiger partial charge in [-0.15, -0.1) is 0 Å². The molecular weight excluding hydrogens is 270 g/mol. The Kier molecular flexibility index (Phi) is 4.80. The molecule has 0 aliphatic carbocycles. The summed E-state index contributed by atoms with van der Waals surface area (Å²) in [5.41, 5.74) is 1.00. The van der Waals surface area contributed by atoms with Gasteiger partial charge < -0.3 is 10.0 Å². The van der Waals surface area contributed by atoms with Crippen LogP contribution in [0.4, 0.5) is 0 Å². The van der Waals surface area contributed by atoms with E-state index in [2.05, 4.69) is 15.9 Å². The van der Waals surface area contributed by atoms with E-state index < -0.39 is 0 Å². The zero-order chi connectivity index (χ0) is 12.1. The van der Waals surface area contributed by atoms with E-state index in [4.69, 9.17) is 5.11 Å². The van der Waals surface area contributed by atoms with Crippen molar-refractivity contribution < 1.29 is 9.90 Å². The van der Waals surface area contributed by atoms with Crippen LogP contribution in [0.3, 0.4) is 0 Å². The van der Waals surface area contributed by atoms with Crippen molar-refractivity contribution in [3.63, 3.8) is 0 Å². The summed E-state index contributed by atoms with van der Waals surface area (Å²) in [5, 5.41) is 9.14. The smallest absolute Gasteiger partial charge is 0.236 e. The van der Waals surface area contributed by atoms with E-state index in [1.807, 2.05) is 19.1 Å². The summed E-state index contributed by atoms with van der Waals surface area (Å²) in [6.07, 6.45) is 0.777. The van der Waals surface area contributed by atoms with E-state index in [0.29, 0.717) is 6.54 Å². The van der Waals surface area contributed by atoms with E-state index in [9.17, 15) is 4.79 Å². The van der Waals surface area contributed by atoms with Crippen molar-refractivity contribution in [3.8, 4) is 5.75 Å². The standard InChI is InChI=1S/C12H16BrNO2/c1-3-11(13)12(16)14(2)8-9-4-6-10(15)7-5-9/h4-7,11,15H,3,8H2,1-2H3. The summed E-state index contributed by atoms with van der Waals surface area (Å²) in [4.78, 5) is 13.3. The summed E-state index contributed by atoms with van der Waals surface area (Å²) in [7, 11) is 1.78. The Hall–Kier alpha value is -1.03. The third-order valence-electron chi connectivity index (χ3n) is 2.36. The van der Waals surface area contributed by atoms with Crippen LogP contribution in [0.2, 0.25) is 0 Å². The van der Waals surface area contributed by atoms with Crippen LogP contribution in [-0.4, -0.2) is 27.8 Å². The zero-order valence-electron chi connectivity index (χ0n) is 9.48. The van der Waals surface area contributed by atoms with Crippen LogP contribution in [0.25, 0.3) is 0 Å². The Balaban J connectivity index is 2.60. The first kappa shape index (κ1) is 13.0. The molecule has 0 saturated carbocycles. The van der Waals surface area contributed by atoms with Gasteiger partial charge in [0, 0.05) is 13.6 Å². The van der Waals surface area contributed by atoms with Crippen LogP contribution in [0.1, 0.15) is 18.9 Å². The first-order valence-corrected chi connectivity index (χ1v) is 6.13. The molecule has 4 heteroatoms. The number of alkyl halides is 1. The molecule has 1 N–H and O–H groups in total. The first-order chi connectivity index (χ1) is 7.54. The highest BCUT2D eigenvalue weighted by molar-refractivity contribution is 9.10. The van der Waals surface area contributed by atoms with Gasteiger partial charge in [-0.1, -0.05) is 35.0 Å². The minimum atomic E-state index is -0.116. The highest BCUT2D eigenvalue weighted by Crippen LogP contribution is 2.13. The molecule has 1 aromatic carbocycles. The number of hydrogen-bond acceptors (Lipinski definition) is 2. The molecule has 1 unspecified atom stereocenters. The average molecular weight is 286 g/mol. The summed E-state index contributed by atoms with van der Waals surface area (Å²) in [5.74, 6) is 0.320. The maximum absolute atomic E-state index is 11.8. The van der Waals surface area contributed by atoms with Gasteiger partial charge in [0.1, 0.15) is 5.75 Å². The maximum atomic E-state index is 11.8. The second-order valence-electron chi connectivity index (χ2n) is 3.74. The van der Waals surface area contributed by atoms with Crippen LogP contribution >= 0.6 is 15.9 Å². The number of amides is 1. The van der Waals surface area contributed by atoms with Crippen molar-refractivity contribution in [2.24, 2.45) is 0 Å². The Morgan fingerprint density at radius 2 is 2.00 bits per heavy atom. The molecule has 0 saturated heterocycles. The van der Waals surface area contributed by atoms with Crippen molar-refractivity contribution in [1.29, 1.82) is 0 Å². The molecule has 0 aliphatic rings. The van der Waals surface area contributed by atoms with Gasteiger partial charge in [0.25, 0.3) is 0 Å². The first-order valence-electron chi connectivity index (χ1n) is 5.21. The molecule has 0 spiro atoms. The third-order valence-corrected chi connectivity index (χ3v) is 3.40. The summed E-state index contributed by atoms with van der Waals surface area (Å²) >= 11 is 3.34. The van der Waals surface area contributed by atoms with Crippen molar-refractivity contribution in [1.82, 2.24) is 4.90 Å². The monoisotopic (exact) mass is 285 g/mol. The van der Waals surface area contributed by atoms with Gasteiger partial charge in [0.15, 0.2) is 0 Å². The topological polar surface area (TPSA) is 40.5 Å². The number of carbonyl (C=O) groups excluding carboxylic acids is 1. The number of phenols is 1. The fraction of sp³-hybridized carbons (Fsp3) is 0.417. The predicted molar refractivity (Wildman–Crippen MR) is 67.6 cm³/mol. The Bertz CT molecular complexity index is 351. The van der Waals surface area contributed by atoms with Crippen LogP contribution in [-0.2, 0) is 11.3 Å². The normalized spacial score (nSPS) is 12.2. The molecule has 3 nitrogen and oxygen atoms in total. The van der Waals surface area contributed by atoms with Gasteiger partial charge in [-0.2, -0.15) is 0 Å². The number of aromatic hydroxyl groups is 1. The van der Waals surface area contributed by atoms with Crippen molar-refractivity contribution in [2.75, 3.05) is 7.05 Å². The second kappa shape index (κ2) is 5.89.